The van der Waals surface area contributed by atoms with Gasteiger partial charge in [0, 0.05) is 13.6 Å². The predicted molar refractivity (Wildman–Crippen MR) is 71.5 cm³/mol. The number of carboxylic acids is 1. The summed E-state index contributed by atoms with van der Waals surface area (Å²) in [6.45, 7) is 12.0. The van der Waals surface area contributed by atoms with Gasteiger partial charge in [-0.25, -0.2) is 9.59 Å². The maximum atomic E-state index is 11.9. The van der Waals surface area contributed by atoms with Crippen LogP contribution in [0.5, 0.6) is 0 Å². The Bertz CT molecular complexity index is 313. The monoisotopic (exact) mass is 258 g/mol. The largest absolute Gasteiger partial charge is 0.480 e. The van der Waals surface area contributed by atoms with E-state index in [-0.39, 0.29) is 11.4 Å². The summed E-state index contributed by atoms with van der Waals surface area (Å²) in [6, 6.07) is -1.25. The molecule has 0 saturated carbocycles. The lowest BCUT2D eigenvalue weighted by Crippen LogP contribution is -2.53. The molecule has 0 spiro atoms. The quantitative estimate of drug-likeness (QED) is 0.815. The van der Waals surface area contributed by atoms with Crippen LogP contribution in [0.15, 0.2) is 0 Å². The molecule has 0 aliphatic heterocycles. The van der Waals surface area contributed by atoms with Crippen molar-refractivity contribution in [2.24, 2.45) is 10.8 Å². The number of hydrogen-bond acceptors (Lipinski definition) is 2. The van der Waals surface area contributed by atoms with Crippen molar-refractivity contribution >= 4 is 12.0 Å². The highest BCUT2D eigenvalue weighted by molar-refractivity contribution is 5.83. The van der Waals surface area contributed by atoms with Crippen LogP contribution in [0.3, 0.4) is 0 Å². The molecule has 1 unspecified atom stereocenters. The number of nitrogens with zero attached hydrogens (tertiary/aromatic N) is 1. The molecule has 0 aromatic carbocycles. The van der Waals surface area contributed by atoms with Gasteiger partial charge in [0.25, 0.3) is 0 Å². The van der Waals surface area contributed by atoms with Crippen molar-refractivity contribution in [3.8, 4) is 0 Å². The maximum Gasteiger partial charge on any atom is 0.326 e. The Morgan fingerprint density at radius 2 is 1.61 bits per heavy atom. The van der Waals surface area contributed by atoms with E-state index < -0.39 is 17.4 Å². The minimum absolute atomic E-state index is 0.0213. The lowest BCUT2D eigenvalue weighted by atomic mass is 9.87. The summed E-state index contributed by atoms with van der Waals surface area (Å²) in [5.41, 5.74) is -0.545. The number of rotatable bonds is 3. The zero-order valence-electron chi connectivity index (χ0n) is 12.5. The van der Waals surface area contributed by atoms with Crippen LogP contribution in [0.25, 0.3) is 0 Å². The molecule has 0 fully saturated rings. The molecule has 0 radical (unpaired) electrons. The van der Waals surface area contributed by atoms with Gasteiger partial charge >= 0.3 is 12.0 Å². The van der Waals surface area contributed by atoms with E-state index in [1.54, 1.807) is 27.8 Å². The summed E-state index contributed by atoms with van der Waals surface area (Å²) in [6.07, 6.45) is 0. The van der Waals surface area contributed by atoms with E-state index in [4.69, 9.17) is 5.11 Å². The molecule has 0 rings (SSSR count). The number of carboxylic acid groups (broad SMARTS) is 1. The summed E-state index contributed by atoms with van der Waals surface area (Å²) >= 11 is 0. The fourth-order valence-corrected chi connectivity index (χ4v) is 1.67. The Balaban J connectivity index is 4.67. The van der Waals surface area contributed by atoms with Gasteiger partial charge in [0.1, 0.15) is 6.04 Å². The van der Waals surface area contributed by atoms with E-state index >= 15 is 0 Å². The molecule has 2 amide bonds. The molecule has 2 N–H and O–H groups in total. The third-order valence-corrected chi connectivity index (χ3v) is 2.44. The molecule has 1 atom stereocenters. The Labute approximate surface area is 110 Å². The summed E-state index contributed by atoms with van der Waals surface area (Å²) in [4.78, 5) is 24.6. The van der Waals surface area contributed by atoms with E-state index in [0.29, 0.717) is 6.54 Å². The van der Waals surface area contributed by atoms with Gasteiger partial charge in [-0.15, -0.1) is 0 Å². The minimum atomic E-state index is -1.01. The lowest BCUT2D eigenvalue weighted by molar-refractivity contribution is -0.142. The average molecular weight is 258 g/mol. The molecular weight excluding hydrogens is 232 g/mol. The van der Waals surface area contributed by atoms with E-state index in [1.165, 1.54) is 4.90 Å². The van der Waals surface area contributed by atoms with E-state index in [1.807, 2.05) is 20.8 Å². The second-order valence-electron chi connectivity index (χ2n) is 7.00. The van der Waals surface area contributed by atoms with E-state index in [9.17, 15) is 9.59 Å². The van der Waals surface area contributed by atoms with E-state index in [0.717, 1.165) is 0 Å². The zero-order chi connectivity index (χ0) is 14.7. The molecule has 0 saturated heterocycles. The van der Waals surface area contributed by atoms with Crippen molar-refractivity contribution in [1.82, 2.24) is 10.2 Å². The summed E-state index contributed by atoms with van der Waals surface area (Å²) in [7, 11) is 1.67. The fraction of sp³-hybridized carbons (Fsp3) is 0.846. The predicted octanol–water partition coefficient (Wildman–Crippen LogP) is 2.17. The van der Waals surface area contributed by atoms with Crippen LogP contribution in [0.2, 0.25) is 0 Å². The number of carbonyl (C=O) groups is 2. The highest BCUT2D eigenvalue weighted by Gasteiger charge is 2.33. The highest BCUT2D eigenvalue weighted by Crippen LogP contribution is 2.20. The van der Waals surface area contributed by atoms with Crippen molar-refractivity contribution in [2.75, 3.05) is 13.6 Å². The van der Waals surface area contributed by atoms with Gasteiger partial charge < -0.3 is 15.3 Å². The zero-order valence-corrected chi connectivity index (χ0v) is 12.5. The average Bonchev–Trinajstić information content (AvgIpc) is 2.08. The SMILES string of the molecule is CN(CC(C)(C)C)C(=O)NC(C(=O)O)C(C)(C)C. The minimum Gasteiger partial charge on any atom is -0.480 e. The number of aliphatic carboxylic acids is 1. The van der Waals surface area contributed by atoms with Crippen molar-refractivity contribution in [1.29, 1.82) is 0 Å². The fourth-order valence-electron chi connectivity index (χ4n) is 1.67. The van der Waals surface area contributed by atoms with Crippen molar-refractivity contribution < 1.29 is 14.7 Å². The Kier molecular flexibility index (Phi) is 5.20. The first kappa shape index (κ1) is 16.7. The Hall–Kier alpha value is -1.26. The van der Waals surface area contributed by atoms with Gasteiger partial charge in [0.2, 0.25) is 0 Å². The van der Waals surface area contributed by atoms with Gasteiger partial charge in [-0.2, -0.15) is 0 Å². The van der Waals surface area contributed by atoms with Crippen molar-refractivity contribution in [3.63, 3.8) is 0 Å². The standard InChI is InChI=1S/C13H26N2O3/c1-12(2,3)8-15(7)11(18)14-9(10(16)17)13(4,5)6/h9H,8H2,1-7H3,(H,14,18)(H,16,17). The van der Waals surface area contributed by atoms with Crippen LogP contribution in [0.4, 0.5) is 4.79 Å². The number of amides is 2. The first-order valence-corrected chi connectivity index (χ1v) is 6.09. The van der Waals surface area contributed by atoms with Crippen LogP contribution < -0.4 is 5.32 Å². The van der Waals surface area contributed by atoms with Crippen LogP contribution in [0, 0.1) is 10.8 Å². The molecule has 0 bridgehead atoms. The summed E-state index contributed by atoms with van der Waals surface area (Å²) in [5.74, 6) is -1.01. The molecular formula is C13H26N2O3. The van der Waals surface area contributed by atoms with Gasteiger partial charge in [-0.1, -0.05) is 41.5 Å². The molecule has 0 aliphatic carbocycles. The first-order chi connectivity index (χ1) is 7.84. The smallest absolute Gasteiger partial charge is 0.326 e. The first-order valence-electron chi connectivity index (χ1n) is 6.09. The molecule has 0 heterocycles. The summed E-state index contributed by atoms with van der Waals surface area (Å²) < 4.78 is 0. The number of urea groups is 1. The van der Waals surface area contributed by atoms with Crippen molar-refractivity contribution in [3.05, 3.63) is 0 Å². The molecule has 106 valence electrons. The number of hydrogen-bond donors (Lipinski definition) is 2. The lowest BCUT2D eigenvalue weighted by Gasteiger charge is -2.32. The third kappa shape index (κ3) is 5.89. The van der Waals surface area contributed by atoms with Crippen LogP contribution in [-0.4, -0.2) is 41.6 Å². The topological polar surface area (TPSA) is 69.6 Å². The second-order valence-corrected chi connectivity index (χ2v) is 7.00. The molecule has 0 aromatic heterocycles. The summed E-state index contributed by atoms with van der Waals surface area (Å²) in [5, 5.41) is 11.7. The number of carbonyl (C=O) groups excluding carboxylic acids is 1. The van der Waals surface area contributed by atoms with E-state index in [2.05, 4.69) is 5.32 Å². The molecule has 0 aliphatic rings. The van der Waals surface area contributed by atoms with Gasteiger partial charge in [-0.05, 0) is 10.8 Å². The molecule has 5 heteroatoms. The number of nitrogens with one attached hydrogen (secondary N) is 1. The maximum absolute atomic E-state index is 11.9. The normalized spacial score (nSPS) is 13.9. The highest BCUT2D eigenvalue weighted by atomic mass is 16.4. The second kappa shape index (κ2) is 5.59. The molecule has 0 aromatic rings. The third-order valence-electron chi connectivity index (χ3n) is 2.44. The van der Waals surface area contributed by atoms with Gasteiger partial charge in [0.15, 0.2) is 0 Å². The molecule has 5 nitrogen and oxygen atoms in total. The van der Waals surface area contributed by atoms with Crippen LogP contribution in [0.1, 0.15) is 41.5 Å². The van der Waals surface area contributed by atoms with Crippen LogP contribution >= 0.6 is 0 Å². The van der Waals surface area contributed by atoms with Crippen LogP contribution in [-0.2, 0) is 4.79 Å². The Morgan fingerprint density at radius 3 is 1.89 bits per heavy atom. The van der Waals surface area contributed by atoms with Gasteiger partial charge in [0.05, 0.1) is 0 Å². The Morgan fingerprint density at radius 1 is 1.17 bits per heavy atom. The van der Waals surface area contributed by atoms with Gasteiger partial charge in [-0.3, -0.25) is 0 Å². The van der Waals surface area contributed by atoms with Crippen molar-refractivity contribution in [2.45, 2.75) is 47.6 Å². The molecule has 18 heavy (non-hydrogen) atoms.